The van der Waals surface area contributed by atoms with Gasteiger partial charge in [0.25, 0.3) is 5.91 Å². The molecule has 2 heterocycles. The predicted molar refractivity (Wildman–Crippen MR) is 73.5 cm³/mol. The minimum Gasteiger partial charge on any atom is -0.293 e. The van der Waals surface area contributed by atoms with Crippen LogP contribution in [0.2, 0.25) is 0 Å². The number of hydrogen-bond acceptors (Lipinski definition) is 4. The maximum atomic E-state index is 12.0. The summed E-state index contributed by atoms with van der Waals surface area (Å²) in [5, 5.41) is 4.24. The van der Waals surface area contributed by atoms with Crippen LogP contribution in [0.3, 0.4) is 0 Å². The zero-order chi connectivity index (χ0) is 12.6. The fourth-order valence-electron chi connectivity index (χ4n) is 1.67. The van der Waals surface area contributed by atoms with Gasteiger partial charge < -0.3 is 0 Å². The molecule has 0 radical (unpaired) electrons. The Balaban J connectivity index is 2.33. The maximum absolute atomic E-state index is 12.0. The van der Waals surface area contributed by atoms with E-state index in [2.05, 4.69) is 5.10 Å². The van der Waals surface area contributed by atoms with Crippen molar-refractivity contribution >= 4 is 40.3 Å². The smallest absolute Gasteiger partial charge is 0.266 e. The van der Waals surface area contributed by atoms with Gasteiger partial charge in [-0.3, -0.25) is 14.4 Å². The van der Waals surface area contributed by atoms with Gasteiger partial charge in [-0.2, -0.15) is 5.10 Å². The Bertz CT molecular complexity index is 519. The molecule has 17 heavy (non-hydrogen) atoms. The number of thiocarbonyl (C=S) groups is 1. The van der Waals surface area contributed by atoms with Crippen molar-refractivity contribution in [1.82, 2.24) is 14.7 Å². The molecule has 2 rings (SSSR count). The van der Waals surface area contributed by atoms with Gasteiger partial charge in [0.1, 0.15) is 4.32 Å². The Morgan fingerprint density at radius 3 is 2.76 bits per heavy atom. The first-order valence-corrected chi connectivity index (χ1v) is 6.51. The van der Waals surface area contributed by atoms with Gasteiger partial charge in [0, 0.05) is 25.4 Å². The van der Waals surface area contributed by atoms with Crippen molar-refractivity contribution in [1.29, 1.82) is 0 Å². The number of aryl methyl sites for hydroxylation is 2. The van der Waals surface area contributed by atoms with Crippen molar-refractivity contribution in [2.24, 2.45) is 7.05 Å². The number of aromatic nitrogens is 2. The summed E-state index contributed by atoms with van der Waals surface area (Å²) >= 11 is 6.51. The van der Waals surface area contributed by atoms with Crippen LogP contribution in [0.15, 0.2) is 11.1 Å². The van der Waals surface area contributed by atoms with E-state index in [4.69, 9.17) is 12.2 Å². The summed E-state index contributed by atoms with van der Waals surface area (Å²) in [6.45, 7) is 4.46. The van der Waals surface area contributed by atoms with E-state index in [0.717, 1.165) is 11.3 Å². The van der Waals surface area contributed by atoms with Crippen LogP contribution in [0.4, 0.5) is 0 Å². The molecule has 4 nitrogen and oxygen atoms in total. The lowest BCUT2D eigenvalue weighted by Crippen LogP contribution is -2.27. The van der Waals surface area contributed by atoms with Crippen molar-refractivity contribution in [3.8, 4) is 0 Å². The molecular formula is C11H13N3OS2. The molecule has 1 aliphatic rings. The second-order valence-electron chi connectivity index (χ2n) is 3.77. The number of carbonyl (C=O) groups excluding carboxylic acids is 1. The standard InChI is InChI=1S/C11H13N3OS2/c1-4-14-10(15)9(17-11(14)16)5-8-6-13(3)12-7(8)2/h5-6H,4H2,1-3H3/b9-5+. The van der Waals surface area contributed by atoms with E-state index in [1.165, 1.54) is 11.8 Å². The topological polar surface area (TPSA) is 38.1 Å². The lowest BCUT2D eigenvalue weighted by molar-refractivity contribution is -0.121. The molecule has 1 aliphatic heterocycles. The molecule has 1 aromatic heterocycles. The zero-order valence-electron chi connectivity index (χ0n) is 9.93. The number of carbonyl (C=O) groups is 1. The average molecular weight is 267 g/mol. The minimum atomic E-state index is -0.00856. The maximum Gasteiger partial charge on any atom is 0.266 e. The van der Waals surface area contributed by atoms with E-state index < -0.39 is 0 Å². The largest absolute Gasteiger partial charge is 0.293 e. The summed E-state index contributed by atoms with van der Waals surface area (Å²) in [6.07, 6.45) is 3.76. The third-order valence-corrected chi connectivity index (χ3v) is 3.91. The van der Waals surface area contributed by atoms with E-state index in [-0.39, 0.29) is 5.91 Å². The normalized spacial score (nSPS) is 18.5. The van der Waals surface area contributed by atoms with Gasteiger partial charge >= 0.3 is 0 Å². The molecule has 0 spiro atoms. The summed E-state index contributed by atoms with van der Waals surface area (Å²) in [4.78, 5) is 14.3. The molecule has 1 saturated heterocycles. The zero-order valence-corrected chi connectivity index (χ0v) is 11.6. The van der Waals surface area contributed by atoms with Crippen molar-refractivity contribution in [3.05, 3.63) is 22.4 Å². The highest BCUT2D eigenvalue weighted by Crippen LogP contribution is 2.32. The first kappa shape index (κ1) is 12.3. The number of nitrogens with zero attached hydrogens (tertiary/aromatic N) is 3. The molecule has 0 atom stereocenters. The molecule has 0 unspecified atom stereocenters. The number of amides is 1. The first-order valence-electron chi connectivity index (χ1n) is 5.28. The Labute approximate surface area is 110 Å². The summed E-state index contributed by atoms with van der Waals surface area (Å²) in [6, 6.07) is 0. The summed E-state index contributed by atoms with van der Waals surface area (Å²) in [5.74, 6) is -0.00856. The molecule has 90 valence electrons. The van der Waals surface area contributed by atoms with Crippen LogP contribution in [0.5, 0.6) is 0 Å². The molecule has 0 aromatic carbocycles. The summed E-state index contributed by atoms with van der Waals surface area (Å²) < 4.78 is 2.37. The van der Waals surface area contributed by atoms with Gasteiger partial charge in [-0.15, -0.1) is 0 Å². The highest BCUT2D eigenvalue weighted by Gasteiger charge is 2.30. The van der Waals surface area contributed by atoms with E-state index in [1.807, 2.05) is 33.2 Å². The monoisotopic (exact) mass is 267 g/mol. The van der Waals surface area contributed by atoms with Crippen LogP contribution >= 0.6 is 24.0 Å². The van der Waals surface area contributed by atoms with Crippen molar-refractivity contribution in [2.45, 2.75) is 13.8 Å². The highest BCUT2D eigenvalue weighted by atomic mass is 32.2. The van der Waals surface area contributed by atoms with Crippen LogP contribution in [0.1, 0.15) is 18.2 Å². The molecule has 1 amide bonds. The number of rotatable bonds is 2. The van der Waals surface area contributed by atoms with Gasteiger partial charge in [0.2, 0.25) is 0 Å². The first-order chi connectivity index (χ1) is 8.02. The SMILES string of the molecule is CCN1C(=O)/C(=C\c2cn(C)nc2C)SC1=S. The molecule has 6 heteroatoms. The lowest BCUT2D eigenvalue weighted by Gasteiger charge is -2.09. The molecule has 1 fully saturated rings. The Morgan fingerprint density at radius 2 is 2.29 bits per heavy atom. The predicted octanol–water partition coefficient (Wildman–Crippen LogP) is 1.95. The van der Waals surface area contributed by atoms with E-state index in [1.54, 1.807) is 9.58 Å². The second-order valence-corrected chi connectivity index (χ2v) is 5.45. The van der Waals surface area contributed by atoms with E-state index >= 15 is 0 Å². The fraction of sp³-hybridized carbons (Fsp3) is 0.364. The van der Waals surface area contributed by atoms with Gasteiger partial charge in [-0.1, -0.05) is 24.0 Å². The van der Waals surface area contributed by atoms with Crippen molar-refractivity contribution in [2.75, 3.05) is 6.54 Å². The van der Waals surface area contributed by atoms with Crippen molar-refractivity contribution < 1.29 is 4.79 Å². The third-order valence-electron chi connectivity index (χ3n) is 2.53. The van der Waals surface area contributed by atoms with Crippen LogP contribution in [0, 0.1) is 6.92 Å². The molecule has 0 bridgehead atoms. The minimum absolute atomic E-state index is 0.00856. The quantitative estimate of drug-likeness (QED) is 0.606. The average Bonchev–Trinajstić information content (AvgIpc) is 2.69. The second kappa shape index (κ2) is 4.62. The molecule has 0 N–H and O–H groups in total. The Hall–Kier alpha value is -1.14. The number of thioether (sulfide) groups is 1. The number of likely N-dealkylation sites (N-methyl/N-ethyl adjacent to an activating group) is 1. The number of hydrogen-bond donors (Lipinski definition) is 0. The van der Waals surface area contributed by atoms with Gasteiger partial charge in [-0.25, -0.2) is 0 Å². The van der Waals surface area contributed by atoms with Gasteiger partial charge in [0.05, 0.1) is 10.6 Å². The van der Waals surface area contributed by atoms with Crippen LogP contribution in [0.25, 0.3) is 6.08 Å². The molecule has 1 aromatic rings. The van der Waals surface area contributed by atoms with Crippen LogP contribution in [-0.2, 0) is 11.8 Å². The highest BCUT2D eigenvalue weighted by molar-refractivity contribution is 8.26. The summed E-state index contributed by atoms with van der Waals surface area (Å²) in [5.41, 5.74) is 1.87. The Morgan fingerprint density at radius 1 is 1.59 bits per heavy atom. The third kappa shape index (κ3) is 2.28. The van der Waals surface area contributed by atoms with Gasteiger partial charge in [0.15, 0.2) is 0 Å². The molecule has 0 saturated carbocycles. The molecular weight excluding hydrogens is 254 g/mol. The van der Waals surface area contributed by atoms with Crippen LogP contribution < -0.4 is 0 Å². The van der Waals surface area contributed by atoms with E-state index in [9.17, 15) is 4.79 Å². The molecule has 0 aliphatic carbocycles. The van der Waals surface area contributed by atoms with E-state index in [0.29, 0.717) is 15.8 Å². The van der Waals surface area contributed by atoms with Gasteiger partial charge in [-0.05, 0) is 19.9 Å². The fourth-order valence-corrected chi connectivity index (χ4v) is 3.05. The van der Waals surface area contributed by atoms with Crippen LogP contribution in [-0.4, -0.2) is 31.5 Å². The summed E-state index contributed by atoms with van der Waals surface area (Å²) in [7, 11) is 1.86. The Kier molecular flexibility index (Phi) is 3.35. The lowest BCUT2D eigenvalue weighted by atomic mass is 10.2. The van der Waals surface area contributed by atoms with Crippen molar-refractivity contribution in [3.63, 3.8) is 0 Å².